The van der Waals surface area contributed by atoms with E-state index in [1.165, 1.54) is 0 Å². The quantitative estimate of drug-likeness (QED) is 0.620. The van der Waals surface area contributed by atoms with Gasteiger partial charge in [0.25, 0.3) is 0 Å². The van der Waals surface area contributed by atoms with Crippen LogP contribution in [-0.2, 0) is 20.0 Å². The molecule has 0 saturated heterocycles. The zero-order chi connectivity index (χ0) is 18.2. The normalized spacial score (nSPS) is 17.6. The van der Waals surface area contributed by atoms with Crippen molar-refractivity contribution < 1.29 is 13.2 Å². The topological polar surface area (TPSA) is 54.5 Å². The standard InChI is InChI=1S/C20H21NO3S/c1-4-21-18-11-10-16(25(23,24)15-8-6-5-7-9-15)14-17(18)20(2,3)19(21)12-13-22/h5-14H,4H2,1-3H3/b19-12-. The highest BCUT2D eigenvalue weighted by atomic mass is 32.2. The zero-order valence-corrected chi connectivity index (χ0v) is 15.4. The molecule has 1 aliphatic heterocycles. The molecule has 0 atom stereocenters. The molecule has 0 saturated carbocycles. The van der Waals surface area contributed by atoms with Crippen molar-refractivity contribution in [2.45, 2.75) is 36.0 Å². The third-order valence-corrected chi connectivity index (χ3v) is 6.54. The number of likely N-dealkylation sites (N-methyl/N-ethyl adjacent to an activating group) is 1. The molecule has 130 valence electrons. The van der Waals surface area contributed by atoms with Gasteiger partial charge in [0.05, 0.1) is 9.79 Å². The van der Waals surface area contributed by atoms with E-state index < -0.39 is 15.3 Å². The Morgan fingerprint density at radius 1 is 1.04 bits per heavy atom. The van der Waals surface area contributed by atoms with E-state index in [2.05, 4.69) is 4.90 Å². The summed E-state index contributed by atoms with van der Waals surface area (Å²) in [6.07, 6.45) is 2.35. The molecular formula is C20H21NO3S. The Morgan fingerprint density at radius 3 is 2.32 bits per heavy atom. The summed E-state index contributed by atoms with van der Waals surface area (Å²) in [5.41, 5.74) is 2.32. The molecule has 3 rings (SSSR count). The van der Waals surface area contributed by atoms with Crippen LogP contribution in [0.25, 0.3) is 0 Å². The summed E-state index contributed by atoms with van der Waals surface area (Å²) in [6.45, 7) is 6.74. The fourth-order valence-corrected chi connectivity index (χ4v) is 4.77. The van der Waals surface area contributed by atoms with Crippen LogP contribution in [0, 0.1) is 0 Å². The molecule has 0 radical (unpaired) electrons. The molecule has 0 aromatic heterocycles. The van der Waals surface area contributed by atoms with Crippen molar-refractivity contribution in [3.8, 4) is 0 Å². The van der Waals surface area contributed by atoms with Gasteiger partial charge in [-0.1, -0.05) is 32.0 Å². The van der Waals surface area contributed by atoms with Gasteiger partial charge in [-0.05, 0) is 48.9 Å². The summed E-state index contributed by atoms with van der Waals surface area (Å²) in [7, 11) is -3.57. The molecule has 1 heterocycles. The fraction of sp³-hybridized carbons (Fsp3) is 0.250. The highest BCUT2D eigenvalue weighted by Crippen LogP contribution is 2.48. The molecule has 0 amide bonds. The lowest BCUT2D eigenvalue weighted by Gasteiger charge is -2.25. The number of rotatable bonds is 4. The number of carbonyl (C=O) groups is 1. The summed E-state index contributed by atoms with van der Waals surface area (Å²) in [5, 5.41) is 0. The molecule has 4 nitrogen and oxygen atoms in total. The minimum Gasteiger partial charge on any atom is -0.344 e. The number of fused-ring (bicyclic) bond motifs is 1. The summed E-state index contributed by atoms with van der Waals surface area (Å²) in [5.74, 6) is 0. The third kappa shape index (κ3) is 2.68. The van der Waals surface area contributed by atoms with Crippen LogP contribution in [0.2, 0.25) is 0 Å². The smallest absolute Gasteiger partial charge is 0.206 e. The van der Waals surface area contributed by atoms with Crippen LogP contribution in [0.3, 0.4) is 0 Å². The van der Waals surface area contributed by atoms with Crippen molar-refractivity contribution in [2.24, 2.45) is 0 Å². The molecule has 0 unspecified atom stereocenters. The average molecular weight is 355 g/mol. The third-order valence-electron chi connectivity index (χ3n) is 4.77. The Balaban J connectivity index is 2.18. The van der Waals surface area contributed by atoms with Crippen LogP contribution in [0.4, 0.5) is 5.69 Å². The molecule has 1 aliphatic rings. The van der Waals surface area contributed by atoms with Gasteiger partial charge in [-0.3, -0.25) is 4.79 Å². The number of hydrogen-bond acceptors (Lipinski definition) is 4. The van der Waals surface area contributed by atoms with Crippen molar-refractivity contribution in [3.05, 3.63) is 65.9 Å². The van der Waals surface area contributed by atoms with Gasteiger partial charge in [0.2, 0.25) is 9.84 Å². The molecule has 5 heteroatoms. The van der Waals surface area contributed by atoms with E-state index in [1.807, 2.05) is 26.8 Å². The van der Waals surface area contributed by atoms with Gasteiger partial charge < -0.3 is 4.90 Å². The fourth-order valence-electron chi connectivity index (χ4n) is 3.46. The first-order valence-corrected chi connectivity index (χ1v) is 9.70. The molecule has 2 aromatic rings. The highest BCUT2D eigenvalue weighted by molar-refractivity contribution is 7.91. The van der Waals surface area contributed by atoms with Crippen LogP contribution in [0.15, 0.2) is 70.1 Å². The Bertz CT molecular complexity index is 944. The molecule has 2 aromatic carbocycles. The van der Waals surface area contributed by atoms with Crippen molar-refractivity contribution in [2.75, 3.05) is 11.4 Å². The van der Waals surface area contributed by atoms with Crippen LogP contribution in [0.5, 0.6) is 0 Å². The first-order chi connectivity index (χ1) is 11.8. The Kier molecular flexibility index (Phi) is 4.29. The van der Waals surface area contributed by atoms with Crippen molar-refractivity contribution in [3.63, 3.8) is 0 Å². The second kappa shape index (κ2) is 6.15. The molecule has 0 bridgehead atoms. The van der Waals surface area contributed by atoms with Crippen molar-refractivity contribution >= 4 is 21.8 Å². The summed E-state index contributed by atoms with van der Waals surface area (Å²) >= 11 is 0. The minimum absolute atomic E-state index is 0.272. The number of nitrogens with zero attached hydrogens (tertiary/aromatic N) is 1. The number of aldehydes is 1. The SMILES string of the molecule is CCN1/C(=C\C=O)C(C)(C)c2cc(S(=O)(=O)c3ccccc3)ccc21. The van der Waals surface area contributed by atoms with Crippen LogP contribution in [-0.4, -0.2) is 21.2 Å². The zero-order valence-electron chi connectivity index (χ0n) is 14.6. The number of hydrogen-bond donors (Lipinski definition) is 0. The van der Waals surface area contributed by atoms with Crippen LogP contribution in [0.1, 0.15) is 26.3 Å². The lowest BCUT2D eigenvalue weighted by Crippen LogP contribution is -2.26. The van der Waals surface area contributed by atoms with E-state index in [9.17, 15) is 13.2 Å². The predicted octanol–water partition coefficient (Wildman–Crippen LogP) is 3.72. The van der Waals surface area contributed by atoms with Crippen molar-refractivity contribution in [1.82, 2.24) is 0 Å². The molecule has 25 heavy (non-hydrogen) atoms. The number of carbonyl (C=O) groups excluding carboxylic acids is 1. The number of allylic oxidation sites excluding steroid dienone is 2. The first-order valence-electron chi connectivity index (χ1n) is 8.22. The highest BCUT2D eigenvalue weighted by Gasteiger charge is 2.40. The van der Waals surface area contributed by atoms with Gasteiger partial charge in [-0.15, -0.1) is 0 Å². The molecule has 0 N–H and O–H groups in total. The monoisotopic (exact) mass is 355 g/mol. The average Bonchev–Trinajstić information content (AvgIpc) is 2.83. The molecular weight excluding hydrogens is 334 g/mol. The van der Waals surface area contributed by atoms with E-state index in [1.54, 1.807) is 48.5 Å². The van der Waals surface area contributed by atoms with Gasteiger partial charge in [-0.25, -0.2) is 8.42 Å². The maximum absolute atomic E-state index is 12.9. The van der Waals surface area contributed by atoms with Gasteiger partial charge in [-0.2, -0.15) is 0 Å². The lowest BCUT2D eigenvalue weighted by atomic mass is 9.84. The first kappa shape index (κ1) is 17.4. The second-order valence-corrected chi connectivity index (χ2v) is 8.50. The van der Waals surface area contributed by atoms with E-state index >= 15 is 0 Å². The van der Waals surface area contributed by atoms with Crippen LogP contribution < -0.4 is 4.90 Å². The minimum atomic E-state index is -3.57. The van der Waals surface area contributed by atoms with Gasteiger partial charge in [0, 0.05) is 23.3 Å². The Labute approximate surface area is 148 Å². The van der Waals surface area contributed by atoms with E-state index in [0.29, 0.717) is 6.54 Å². The van der Waals surface area contributed by atoms with Gasteiger partial charge >= 0.3 is 0 Å². The molecule has 0 spiro atoms. The second-order valence-electron chi connectivity index (χ2n) is 6.55. The maximum atomic E-state index is 12.9. The Hall–Kier alpha value is -2.40. The van der Waals surface area contributed by atoms with Crippen LogP contribution >= 0.6 is 0 Å². The largest absolute Gasteiger partial charge is 0.344 e. The number of anilines is 1. The Morgan fingerprint density at radius 2 is 1.72 bits per heavy atom. The van der Waals surface area contributed by atoms with E-state index in [0.717, 1.165) is 23.2 Å². The maximum Gasteiger partial charge on any atom is 0.206 e. The number of sulfone groups is 1. The summed E-state index contributed by atoms with van der Waals surface area (Å²) < 4.78 is 25.8. The molecule has 0 fully saturated rings. The predicted molar refractivity (Wildman–Crippen MR) is 98.5 cm³/mol. The summed E-state index contributed by atoms with van der Waals surface area (Å²) in [6, 6.07) is 13.6. The van der Waals surface area contributed by atoms with E-state index in [-0.39, 0.29) is 9.79 Å². The summed E-state index contributed by atoms with van der Waals surface area (Å²) in [4.78, 5) is 13.7. The molecule has 0 aliphatic carbocycles. The van der Waals surface area contributed by atoms with Gasteiger partial charge in [0.15, 0.2) is 0 Å². The van der Waals surface area contributed by atoms with Crippen molar-refractivity contribution in [1.29, 1.82) is 0 Å². The lowest BCUT2D eigenvalue weighted by molar-refractivity contribution is -0.104. The van der Waals surface area contributed by atoms with Gasteiger partial charge in [0.1, 0.15) is 6.29 Å². The van der Waals surface area contributed by atoms with E-state index in [4.69, 9.17) is 0 Å². The number of benzene rings is 2.